The van der Waals surface area contributed by atoms with Gasteiger partial charge < -0.3 is 15.0 Å². The van der Waals surface area contributed by atoms with Gasteiger partial charge in [-0.3, -0.25) is 4.79 Å². The van der Waals surface area contributed by atoms with Gasteiger partial charge in [0.1, 0.15) is 5.75 Å². The van der Waals surface area contributed by atoms with Crippen LogP contribution in [0.15, 0.2) is 47.4 Å². The van der Waals surface area contributed by atoms with Crippen molar-refractivity contribution in [1.29, 1.82) is 0 Å². The van der Waals surface area contributed by atoms with Crippen molar-refractivity contribution < 1.29 is 17.9 Å². The van der Waals surface area contributed by atoms with Crippen LogP contribution in [-0.4, -0.2) is 52.4 Å². The minimum atomic E-state index is -3.63. The largest absolute Gasteiger partial charge is 0.484 e. The average molecular weight is 434 g/mol. The molecule has 0 spiro atoms. The Labute approximate surface area is 179 Å². The van der Waals surface area contributed by atoms with Crippen LogP contribution in [0.2, 0.25) is 0 Å². The fourth-order valence-corrected chi connectivity index (χ4v) is 4.55. The van der Waals surface area contributed by atoms with E-state index in [0.717, 1.165) is 12.0 Å². The molecule has 2 rings (SSSR count). The Bertz CT molecular complexity index is 970. The Morgan fingerprint density at radius 3 is 2.33 bits per heavy atom. The lowest BCUT2D eigenvalue weighted by Crippen LogP contribution is -2.31. The van der Waals surface area contributed by atoms with Gasteiger partial charge in [0.2, 0.25) is 10.0 Å². The van der Waals surface area contributed by atoms with Gasteiger partial charge in [-0.05, 0) is 42.3 Å². The highest BCUT2D eigenvalue weighted by atomic mass is 32.2. The molecule has 0 aliphatic heterocycles. The van der Waals surface area contributed by atoms with E-state index in [9.17, 15) is 13.2 Å². The van der Waals surface area contributed by atoms with Gasteiger partial charge in [-0.15, -0.1) is 0 Å². The molecule has 0 aromatic heterocycles. The summed E-state index contributed by atoms with van der Waals surface area (Å²) in [6, 6.07) is 12.3. The van der Waals surface area contributed by atoms with E-state index in [1.807, 2.05) is 44.1 Å². The summed E-state index contributed by atoms with van der Waals surface area (Å²) in [5, 5.41) is 2.79. The summed E-state index contributed by atoms with van der Waals surface area (Å²) in [5.74, 6) is 0.257. The van der Waals surface area contributed by atoms with Crippen molar-refractivity contribution in [3.05, 3.63) is 48.0 Å². The number of aryl methyl sites for hydroxylation is 1. The van der Waals surface area contributed by atoms with E-state index in [2.05, 4.69) is 5.32 Å². The molecule has 0 aliphatic carbocycles. The van der Waals surface area contributed by atoms with E-state index < -0.39 is 10.0 Å². The van der Waals surface area contributed by atoms with Gasteiger partial charge in [-0.25, -0.2) is 8.42 Å². The lowest BCUT2D eigenvalue weighted by molar-refractivity contribution is -0.118. The molecule has 0 bridgehead atoms. The zero-order valence-corrected chi connectivity index (χ0v) is 19.1. The van der Waals surface area contributed by atoms with Crippen LogP contribution < -0.4 is 15.0 Å². The molecule has 2 aromatic carbocycles. The molecule has 0 atom stereocenters. The van der Waals surface area contributed by atoms with Crippen LogP contribution in [-0.2, 0) is 21.2 Å². The molecule has 8 heteroatoms. The SMILES string of the molecule is CCc1cccc(OCC(=O)Nc2cc(S(=O)(=O)N(CC)CC)ccc2N(C)C)c1. The molecule has 164 valence electrons. The maximum absolute atomic E-state index is 12.9. The number of amides is 1. The molecule has 0 radical (unpaired) electrons. The smallest absolute Gasteiger partial charge is 0.262 e. The summed E-state index contributed by atoms with van der Waals surface area (Å²) in [4.78, 5) is 14.5. The van der Waals surface area contributed by atoms with Crippen molar-refractivity contribution >= 4 is 27.3 Å². The van der Waals surface area contributed by atoms with Gasteiger partial charge in [-0.2, -0.15) is 4.31 Å². The van der Waals surface area contributed by atoms with Crippen LogP contribution in [0.5, 0.6) is 5.75 Å². The minimum Gasteiger partial charge on any atom is -0.484 e. The van der Waals surface area contributed by atoms with Gasteiger partial charge in [0.05, 0.1) is 16.3 Å². The molecule has 0 aliphatic rings. The number of nitrogens with one attached hydrogen (secondary N) is 1. The second kappa shape index (κ2) is 10.4. The zero-order chi connectivity index (χ0) is 22.3. The zero-order valence-electron chi connectivity index (χ0n) is 18.3. The molecule has 1 amide bonds. The predicted molar refractivity (Wildman–Crippen MR) is 121 cm³/mol. The summed E-state index contributed by atoms with van der Waals surface area (Å²) >= 11 is 0. The maximum Gasteiger partial charge on any atom is 0.262 e. The number of hydrogen-bond donors (Lipinski definition) is 1. The summed E-state index contributed by atoms with van der Waals surface area (Å²) in [6.45, 7) is 6.22. The second-order valence-electron chi connectivity index (χ2n) is 7.00. The molecular formula is C22H31N3O4S. The molecule has 30 heavy (non-hydrogen) atoms. The lowest BCUT2D eigenvalue weighted by Gasteiger charge is -2.22. The third-order valence-electron chi connectivity index (χ3n) is 4.74. The normalized spacial score (nSPS) is 11.4. The van der Waals surface area contributed by atoms with E-state index in [4.69, 9.17) is 4.74 Å². The van der Waals surface area contributed by atoms with Crippen LogP contribution in [0.3, 0.4) is 0 Å². The van der Waals surface area contributed by atoms with Gasteiger partial charge in [0.25, 0.3) is 5.91 Å². The number of benzene rings is 2. The lowest BCUT2D eigenvalue weighted by atomic mass is 10.2. The maximum atomic E-state index is 12.9. The minimum absolute atomic E-state index is 0.142. The Hall–Kier alpha value is -2.58. The topological polar surface area (TPSA) is 78.9 Å². The molecule has 0 unspecified atom stereocenters. The third kappa shape index (κ3) is 5.73. The van der Waals surface area contributed by atoms with Gasteiger partial charge >= 0.3 is 0 Å². The number of sulfonamides is 1. The number of hydrogen-bond acceptors (Lipinski definition) is 5. The van der Waals surface area contributed by atoms with E-state index in [0.29, 0.717) is 30.2 Å². The average Bonchev–Trinajstić information content (AvgIpc) is 2.72. The van der Waals surface area contributed by atoms with Gasteiger partial charge in [0, 0.05) is 27.2 Å². The highest BCUT2D eigenvalue weighted by molar-refractivity contribution is 7.89. The quantitative estimate of drug-likeness (QED) is 0.622. The fraction of sp³-hybridized carbons (Fsp3) is 0.409. The van der Waals surface area contributed by atoms with Crippen LogP contribution in [0.1, 0.15) is 26.3 Å². The molecule has 0 fully saturated rings. The van der Waals surface area contributed by atoms with Gasteiger partial charge in [-0.1, -0.05) is 32.9 Å². The Morgan fingerprint density at radius 1 is 1.03 bits per heavy atom. The second-order valence-corrected chi connectivity index (χ2v) is 8.94. The third-order valence-corrected chi connectivity index (χ3v) is 6.79. The first kappa shape index (κ1) is 23.7. The number of carbonyl (C=O) groups is 1. The Balaban J connectivity index is 2.22. The number of rotatable bonds is 10. The highest BCUT2D eigenvalue weighted by Crippen LogP contribution is 2.29. The van der Waals surface area contributed by atoms with E-state index in [-0.39, 0.29) is 17.4 Å². The fourth-order valence-electron chi connectivity index (χ4n) is 3.07. The number of ether oxygens (including phenoxy) is 1. The van der Waals surface area contributed by atoms with Crippen molar-refractivity contribution in [2.24, 2.45) is 0 Å². The molecule has 0 saturated heterocycles. The van der Waals surface area contributed by atoms with Crippen molar-refractivity contribution in [1.82, 2.24) is 4.31 Å². The summed E-state index contributed by atoms with van der Waals surface area (Å²) in [6.07, 6.45) is 0.878. The van der Waals surface area contributed by atoms with E-state index in [1.54, 1.807) is 32.0 Å². The Morgan fingerprint density at radius 2 is 1.73 bits per heavy atom. The van der Waals surface area contributed by atoms with Crippen LogP contribution in [0.4, 0.5) is 11.4 Å². The highest BCUT2D eigenvalue weighted by Gasteiger charge is 2.23. The number of nitrogens with zero attached hydrogens (tertiary/aromatic N) is 2. The van der Waals surface area contributed by atoms with Gasteiger partial charge in [0.15, 0.2) is 6.61 Å². The first-order valence-electron chi connectivity index (χ1n) is 10.1. The molecule has 0 saturated carbocycles. The van der Waals surface area contributed by atoms with Crippen molar-refractivity contribution in [2.45, 2.75) is 32.1 Å². The molecule has 0 heterocycles. The van der Waals surface area contributed by atoms with Crippen molar-refractivity contribution in [3.8, 4) is 5.75 Å². The molecule has 2 aromatic rings. The Kier molecular flexibility index (Phi) is 8.25. The van der Waals surface area contributed by atoms with Crippen LogP contribution >= 0.6 is 0 Å². The van der Waals surface area contributed by atoms with Crippen molar-refractivity contribution in [3.63, 3.8) is 0 Å². The summed E-state index contributed by atoms with van der Waals surface area (Å²) in [5.41, 5.74) is 2.25. The molecular weight excluding hydrogens is 402 g/mol. The standard InChI is InChI=1S/C22H31N3O4S/c1-6-17-10-9-11-18(14-17)29-16-22(26)23-20-15-19(12-13-21(20)24(4)5)30(27,28)25(7-2)8-3/h9-15H,6-8,16H2,1-5H3,(H,23,26). The monoisotopic (exact) mass is 433 g/mol. The van der Waals surface area contributed by atoms with Crippen LogP contribution in [0, 0.1) is 0 Å². The summed E-state index contributed by atoms with van der Waals surface area (Å²) in [7, 11) is 0.0267. The number of carbonyl (C=O) groups excluding carboxylic acids is 1. The van der Waals surface area contributed by atoms with E-state index in [1.165, 1.54) is 10.4 Å². The van der Waals surface area contributed by atoms with Crippen LogP contribution in [0.25, 0.3) is 0 Å². The summed E-state index contributed by atoms with van der Waals surface area (Å²) < 4.78 is 32.7. The first-order valence-corrected chi connectivity index (χ1v) is 11.5. The first-order chi connectivity index (χ1) is 14.2. The van der Waals surface area contributed by atoms with Crippen molar-refractivity contribution in [2.75, 3.05) is 44.0 Å². The molecule has 1 N–H and O–H groups in total. The molecule has 7 nitrogen and oxygen atoms in total. The number of anilines is 2. The van der Waals surface area contributed by atoms with E-state index >= 15 is 0 Å². The predicted octanol–water partition coefficient (Wildman–Crippen LogP) is 3.36.